The summed E-state index contributed by atoms with van der Waals surface area (Å²) < 4.78 is 6.81. The maximum Gasteiger partial charge on any atom is 0.143 e. The van der Waals surface area contributed by atoms with Gasteiger partial charge in [-0.25, -0.2) is 0 Å². The van der Waals surface area contributed by atoms with Crippen LogP contribution in [0.1, 0.15) is 0 Å². The van der Waals surface area contributed by atoms with Gasteiger partial charge < -0.3 is 16.2 Å². The number of nitrogens with zero attached hydrogens (tertiary/aromatic N) is 2. The number of hydrogen-bond donors (Lipinski definition) is 2. The first-order chi connectivity index (χ1) is 7.63. The van der Waals surface area contributed by atoms with Crippen LogP contribution < -0.4 is 16.2 Å². The Morgan fingerprint density at radius 1 is 1.25 bits per heavy atom. The van der Waals surface area contributed by atoms with Crippen molar-refractivity contribution in [1.29, 1.82) is 0 Å². The van der Waals surface area contributed by atoms with E-state index < -0.39 is 0 Å². The van der Waals surface area contributed by atoms with Gasteiger partial charge in [0.2, 0.25) is 0 Å². The van der Waals surface area contributed by atoms with Gasteiger partial charge in [-0.15, -0.1) is 0 Å². The van der Waals surface area contributed by atoms with Crippen LogP contribution in [-0.4, -0.2) is 16.9 Å². The first-order valence-corrected chi connectivity index (χ1v) is 4.84. The number of benzene rings is 1. The molecule has 16 heavy (non-hydrogen) atoms. The number of rotatable bonds is 2. The van der Waals surface area contributed by atoms with Gasteiger partial charge in [-0.3, -0.25) is 4.68 Å². The van der Waals surface area contributed by atoms with Crippen molar-refractivity contribution in [3.05, 3.63) is 24.5 Å². The lowest BCUT2D eigenvalue weighted by Gasteiger charge is -2.10. The number of methoxy groups -OCH3 is 1. The highest BCUT2D eigenvalue weighted by atomic mass is 16.5. The van der Waals surface area contributed by atoms with Gasteiger partial charge in [-0.1, -0.05) is 0 Å². The molecule has 0 saturated carbocycles. The van der Waals surface area contributed by atoms with Gasteiger partial charge in [-0.05, 0) is 12.1 Å². The highest BCUT2D eigenvalue weighted by molar-refractivity contribution is 5.87. The molecule has 0 atom stereocenters. The van der Waals surface area contributed by atoms with Gasteiger partial charge in [0, 0.05) is 24.4 Å². The van der Waals surface area contributed by atoms with Crippen LogP contribution in [0.25, 0.3) is 11.1 Å². The third-order valence-corrected chi connectivity index (χ3v) is 2.48. The van der Waals surface area contributed by atoms with Crippen molar-refractivity contribution >= 4 is 11.4 Å². The molecule has 1 heterocycles. The second-order valence-corrected chi connectivity index (χ2v) is 3.55. The summed E-state index contributed by atoms with van der Waals surface area (Å²) in [5.74, 6) is 0.588. The fourth-order valence-corrected chi connectivity index (χ4v) is 1.61. The van der Waals surface area contributed by atoms with Crippen LogP contribution in [0, 0.1) is 0 Å². The minimum atomic E-state index is 0.462. The molecule has 84 valence electrons. The minimum absolute atomic E-state index is 0.462. The normalized spacial score (nSPS) is 10.4. The van der Waals surface area contributed by atoms with Gasteiger partial charge in [0.15, 0.2) is 0 Å². The summed E-state index contributed by atoms with van der Waals surface area (Å²) in [5, 5.41) is 4.10. The number of aromatic nitrogens is 2. The Labute approximate surface area is 93.6 Å². The molecule has 1 aromatic heterocycles. The van der Waals surface area contributed by atoms with E-state index in [1.165, 1.54) is 0 Å². The first-order valence-electron chi connectivity index (χ1n) is 4.84. The smallest absolute Gasteiger partial charge is 0.143 e. The SMILES string of the molecule is COc1ccc(-c2cnn(C)c2)c(N)c1N. The fourth-order valence-electron chi connectivity index (χ4n) is 1.61. The molecule has 2 aromatic rings. The molecule has 0 spiro atoms. The molecule has 0 aliphatic heterocycles. The summed E-state index contributed by atoms with van der Waals surface area (Å²) in [4.78, 5) is 0. The summed E-state index contributed by atoms with van der Waals surface area (Å²) in [6.45, 7) is 0. The maximum atomic E-state index is 5.96. The van der Waals surface area contributed by atoms with Crippen molar-refractivity contribution < 1.29 is 4.74 Å². The summed E-state index contributed by atoms with van der Waals surface area (Å²) in [7, 11) is 3.42. The molecular weight excluding hydrogens is 204 g/mol. The van der Waals surface area contributed by atoms with Crippen LogP contribution >= 0.6 is 0 Å². The Morgan fingerprint density at radius 3 is 2.56 bits per heavy atom. The van der Waals surface area contributed by atoms with Crippen LogP contribution in [-0.2, 0) is 7.05 Å². The molecule has 5 nitrogen and oxygen atoms in total. The van der Waals surface area contributed by atoms with Crippen molar-refractivity contribution in [2.45, 2.75) is 0 Å². The Morgan fingerprint density at radius 2 is 2.00 bits per heavy atom. The first kappa shape index (κ1) is 10.4. The van der Waals surface area contributed by atoms with Crippen molar-refractivity contribution in [3.8, 4) is 16.9 Å². The lowest BCUT2D eigenvalue weighted by Crippen LogP contribution is -2.00. The molecule has 0 fully saturated rings. The number of nitrogens with two attached hydrogens (primary N) is 2. The Bertz CT molecular complexity index is 519. The highest BCUT2D eigenvalue weighted by Gasteiger charge is 2.10. The van der Waals surface area contributed by atoms with E-state index in [0.717, 1.165) is 11.1 Å². The highest BCUT2D eigenvalue weighted by Crippen LogP contribution is 2.35. The van der Waals surface area contributed by atoms with E-state index in [1.807, 2.05) is 19.3 Å². The molecule has 0 radical (unpaired) electrons. The van der Waals surface area contributed by atoms with Crippen LogP contribution in [0.15, 0.2) is 24.5 Å². The molecule has 5 heteroatoms. The summed E-state index contributed by atoms with van der Waals surface area (Å²) in [6, 6.07) is 3.68. The van der Waals surface area contributed by atoms with Crippen molar-refractivity contribution in [2.75, 3.05) is 18.6 Å². The number of ether oxygens (including phenoxy) is 1. The fraction of sp³-hybridized carbons (Fsp3) is 0.182. The zero-order valence-corrected chi connectivity index (χ0v) is 9.27. The van der Waals surface area contributed by atoms with Crippen LogP contribution in [0.3, 0.4) is 0 Å². The Kier molecular flexibility index (Phi) is 2.44. The molecule has 0 saturated heterocycles. The van der Waals surface area contributed by atoms with E-state index in [9.17, 15) is 0 Å². The number of aryl methyl sites for hydroxylation is 1. The van der Waals surface area contributed by atoms with E-state index in [-0.39, 0.29) is 0 Å². The molecule has 0 bridgehead atoms. The predicted molar refractivity (Wildman–Crippen MR) is 64.0 cm³/mol. The van der Waals surface area contributed by atoms with Crippen LogP contribution in [0.5, 0.6) is 5.75 Å². The zero-order chi connectivity index (χ0) is 11.7. The maximum absolute atomic E-state index is 5.96. The van der Waals surface area contributed by atoms with E-state index in [4.69, 9.17) is 16.2 Å². The van der Waals surface area contributed by atoms with Gasteiger partial charge in [0.25, 0.3) is 0 Å². The van der Waals surface area contributed by atoms with Crippen molar-refractivity contribution in [1.82, 2.24) is 9.78 Å². The minimum Gasteiger partial charge on any atom is -0.495 e. The van der Waals surface area contributed by atoms with Gasteiger partial charge in [0.1, 0.15) is 5.75 Å². The van der Waals surface area contributed by atoms with E-state index in [0.29, 0.717) is 17.1 Å². The van der Waals surface area contributed by atoms with E-state index in [1.54, 1.807) is 24.1 Å². The second-order valence-electron chi connectivity index (χ2n) is 3.55. The average Bonchev–Trinajstić information content (AvgIpc) is 2.69. The third-order valence-electron chi connectivity index (χ3n) is 2.48. The third kappa shape index (κ3) is 1.56. The van der Waals surface area contributed by atoms with Crippen LogP contribution in [0.2, 0.25) is 0 Å². The van der Waals surface area contributed by atoms with E-state index in [2.05, 4.69) is 5.10 Å². The average molecular weight is 218 g/mol. The molecule has 0 aliphatic rings. The summed E-state index contributed by atoms with van der Waals surface area (Å²) in [6.07, 6.45) is 3.63. The molecule has 0 unspecified atom stereocenters. The Hall–Kier alpha value is -2.17. The van der Waals surface area contributed by atoms with Crippen molar-refractivity contribution in [3.63, 3.8) is 0 Å². The largest absolute Gasteiger partial charge is 0.495 e. The monoisotopic (exact) mass is 218 g/mol. The lowest BCUT2D eigenvalue weighted by molar-refractivity contribution is 0.417. The molecule has 2 rings (SSSR count). The van der Waals surface area contributed by atoms with Crippen LogP contribution in [0.4, 0.5) is 11.4 Å². The molecule has 4 N–H and O–H groups in total. The van der Waals surface area contributed by atoms with Gasteiger partial charge in [-0.2, -0.15) is 5.10 Å². The second kappa shape index (κ2) is 3.77. The number of nitrogen functional groups attached to an aromatic ring is 2. The Balaban J connectivity index is 2.55. The number of anilines is 2. The lowest BCUT2D eigenvalue weighted by atomic mass is 10.1. The predicted octanol–water partition coefficient (Wildman–Crippen LogP) is 1.26. The number of hydrogen-bond acceptors (Lipinski definition) is 4. The zero-order valence-electron chi connectivity index (χ0n) is 9.27. The van der Waals surface area contributed by atoms with E-state index >= 15 is 0 Å². The summed E-state index contributed by atoms with van der Waals surface area (Å²) in [5.41, 5.74) is 14.6. The van der Waals surface area contributed by atoms with Gasteiger partial charge >= 0.3 is 0 Å². The molecule has 1 aromatic carbocycles. The molecule has 0 amide bonds. The van der Waals surface area contributed by atoms with Crippen molar-refractivity contribution in [2.24, 2.45) is 7.05 Å². The summed E-state index contributed by atoms with van der Waals surface area (Å²) >= 11 is 0. The molecular formula is C11H14N4O. The standard InChI is InChI=1S/C11H14N4O/c1-15-6-7(5-14-15)8-3-4-9(16-2)11(13)10(8)12/h3-6H,12-13H2,1-2H3. The molecule has 0 aliphatic carbocycles. The van der Waals surface area contributed by atoms with Gasteiger partial charge in [0.05, 0.1) is 24.7 Å². The topological polar surface area (TPSA) is 79.1 Å². The quantitative estimate of drug-likeness (QED) is 0.744.